The number of carboxylic acid groups (broad SMARTS) is 1. The van der Waals surface area contributed by atoms with E-state index >= 15 is 0 Å². The van der Waals surface area contributed by atoms with E-state index in [0.29, 0.717) is 19.8 Å². The third kappa shape index (κ3) is 5.54. The molecule has 0 spiro atoms. The average Bonchev–Trinajstić information content (AvgIpc) is 2.79. The van der Waals surface area contributed by atoms with Crippen molar-refractivity contribution in [3.63, 3.8) is 0 Å². The van der Waals surface area contributed by atoms with E-state index in [0.717, 1.165) is 34.2 Å². The van der Waals surface area contributed by atoms with Crippen molar-refractivity contribution in [1.82, 2.24) is 0 Å². The van der Waals surface area contributed by atoms with Crippen LogP contribution in [0.4, 0.5) is 11.4 Å². The van der Waals surface area contributed by atoms with Gasteiger partial charge in [-0.3, -0.25) is 0 Å². The third-order valence-corrected chi connectivity index (χ3v) is 5.09. The minimum atomic E-state index is -1.20. The average molecular weight is 443 g/mol. The molecule has 1 atom stereocenters. The first kappa shape index (κ1) is 23.9. The first-order chi connectivity index (χ1) is 15.2. The molecule has 0 fully saturated rings. The maximum absolute atomic E-state index is 11.2. The number of ether oxygens (including phenoxy) is 3. The van der Waals surface area contributed by atoms with Crippen molar-refractivity contribution in [1.29, 1.82) is 0 Å². The van der Waals surface area contributed by atoms with Crippen LogP contribution >= 0.6 is 0 Å². The van der Waals surface area contributed by atoms with Gasteiger partial charge in [0.25, 0.3) is 0 Å². The standard InChI is InChI=1S/C25H25NO5.Mg/c1-2-29-24(25(27)28)17-18-11-13-19(14-12-18)30-16-15-26-20-7-3-5-9-22(20)31-23-10-6-4-8-21(23)26;/h3-14,24H,2,15-17H2,1H3,(H,27,28);/q;+2/p-1/t24-;/m0./s1. The summed E-state index contributed by atoms with van der Waals surface area (Å²) in [6.45, 7) is 3.21. The molecule has 1 aliphatic heterocycles. The van der Waals surface area contributed by atoms with Crippen molar-refractivity contribution in [2.24, 2.45) is 0 Å². The molecule has 0 radical (unpaired) electrons. The number of carbonyl (C=O) groups is 1. The predicted molar refractivity (Wildman–Crippen MR) is 122 cm³/mol. The number of rotatable bonds is 9. The van der Waals surface area contributed by atoms with Gasteiger partial charge in [0.15, 0.2) is 11.5 Å². The normalized spacial score (nSPS) is 12.6. The molecule has 7 heteroatoms. The Hall–Kier alpha value is -2.74. The molecular weight excluding hydrogens is 419 g/mol. The molecule has 3 aromatic carbocycles. The number of hydrogen-bond donors (Lipinski definition) is 0. The van der Waals surface area contributed by atoms with Crippen LogP contribution in [-0.2, 0) is 16.0 Å². The Balaban J connectivity index is 0.00000289. The third-order valence-electron chi connectivity index (χ3n) is 5.09. The van der Waals surface area contributed by atoms with Crippen LogP contribution in [0.15, 0.2) is 72.8 Å². The molecule has 0 amide bonds. The van der Waals surface area contributed by atoms with E-state index in [9.17, 15) is 9.90 Å². The van der Waals surface area contributed by atoms with Gasteiger partial charge in [0.05, 0.1) is 23.9 Å². The SMILES string of the molecule is CCO[C@@H](Cc1ccc(OCCN2c3ccccc3Oc3ccccc32)cc1)C(=O)[O-].[Mg+2]. The number of benzene rings is 3. The Kier molecular flexibility index (Phi) is 8.38. The van der Waals surface area contributed by atoms with Crippen molar-refractivity contribution in [3.8, 4) is 17.2 Å². The van der Waals surface area contributed by atoms with Gasteiger partial charge in [-0.15, -0.1) is 0 Å². The second-order valence-corrected chi connectivity index (χ2v) is 7.15. The Morgan fingerprint density at radius 1 is 0.969 bits per heavy atom. The zero-order chi connectivity index (χ0) is 21.6. The van der Waals surface area contributed by atoms with E-state index in [-0.39, 0.29) is 29.5 Å². The topological polar surface area (TPSA) is 71.1 Å². The van der Waals surface area contributed by atoms with Crippen molar-refractivity contribution in [2.45, 2.75) is 19.4 Å². The van der Waals surface area contributed by atoms with Crippen LogP contribution in [0.5, 0.6) is 17.2 Å². The van der Waals surface area contributed by atoms with Gasteiger partial charge in [-0.2, -0.15) is 0 Å². The summed E-state index contributed by atoms with van der Waals surface area (Å²) in [5.41, 5.74) is 2.86. The van der Waals surface area contributed by atoms with Gasteiger partial charge in [0.1, 0.15) is 18.5 Å². The molecule has 3 aromatic rings. The van der Waals surface area contributed by atoms with E-state index in [2.05, 4.69) is 4.90 Å². The molecule has 160 valence electrons. The van der Waals surface area contributed by atoms with Crippen molar-refractivity contribution < 1.29 is 24.1 Å². The van der Waals surface area contributed by atoms with Crippen molar-refractivity contribution in [3.05, 3.63) is 78.4 Å². The quantitative estimate of drug-likeness (QED) is 0.473. The van der Waals surface area contributed by atoms with Crippen LogP contribution < -0.4 is 19.5 Å². The minimum absolute atomic E-state index is 0. The van der Waals surface area contributed by atoms with Gasteiger partial charge in [-0.05, 0) is 48.9 Å². The maximum Gasteiger partial charge on any atom is 2.00 e. The minimum Gasteiger partial charge on any atom is -0.547 e. The Labute approximate surface area is 203 Å². The molecule has 1 aliphatic rings. The monoisotopic (exact) mass is 442 g/mol. The first-order valence-electron chi connectivity index (χ1n) is 10.3. The van der Waals surface area contributed by atoms with Gasteiger partial charge in [-0.25, -0.2) is 0 Å². The molecule has 0 saturated heterocycles. The van der Waals surface area contributed by atoms with E-state index in [1.165, 1.54) is 0 Å². The number of nitrogens with zero attached hydrogens (tertiary/aromatic N) is 1. The number of hydrogen-bond acceptors (Lipinski definition) is 6. The van der Waals surface area contributed by atoms with Crippen LogP contribution in [-0.4, -0.2) is 54.9 Å². The number of anilines is 2. The Morgan fingerprint density at radius 3 is 2.12 bits per heavy atom. The molecule has 0 aliphatic carbocycles. The molecule has 0 bridgehead atoms. The number of para-hydroxylation sites is 4. The maximum atomic E-state index is 11.2. The summed E-state index contributed by atoms with van der Waals surface area (Å²) in [4.78, 5) is 13.3. The summed E-state index contributed by atoms with van der Waals surface area (Å²) in [7, 11) is 0. The van der Waals surface area contributed by atoms with E-state index in [1.807, 2.05) is 72.8 Å². The van der Waals surface area contributed by atoms with Crippen LogP contribution in [0.25, 0.3) is 0 Å². The fourth-order valence-corrected chi connectivity index (χ4v) is 3.62. The van der Waals surface area contributed by atoms with Crippen LogP contribution in [0, 0.1) is 0 Å². The molecular formula is C25H24MgNO5+. The summed E-state index contributed by atoms with van der Waals surface area (Å²) in [6, 6.07) is 23.3. The summed E-state index contributed by atoms with van der Waals surface area (Å²) >= 11 is 0. The molecule has 4 rings (SSSR count). The van der Waals surface area contributed by atoms with E-state index < -0.39 is 12.1 Å². The molecule has 6 nitrogen and oxygen atoms in total. The van der Waals surface area contributed by atoms with E-state index in [4.69, 9.17) is 14.2 Å². The number of fused-ring (bicyclic) bond motifs is 2. The van der Waals surface area contributed by atoms with Gasteiger partial charge in [0.2, 0.25) is 0 Å². The number of carbonyl (C=O) groups excluding carboxylic acids is 1. The Bertz CT molecular complexity index is 995. The second-order valence-electron chi connectivity index (χ2n) is 7.15. The van der Waals surface area contributed by atoms with Crippen LogP contribution in [0.3, 0.4) is 0 Å². The molecule has 32 heavy (non-hydrogen) atoms. The molecule has 0 aromatic heterocycles. The fraction of sp³-hybridized carbons (Fsp3) is 0.240. The molecule has 0 saturated carbocycles. The predicted octanol–water partition coefficient (Wildman–Crippen LogP) is 3.33. The molecule has 1 heterocycles. The van der Waals surface area contributed by atoms with Gasteiger partial charge in [0, 0.05) is 13.0 Å². The van der Waals surface area contributed by atoms with Crippen molar-refractivity contribution in [2.75, 3.05) is 24.7 Å². The summed E-state index contributed by atoms with van der Waals surface area (Å²) in [5.74, 6) is 1.16. The van der Waals surface area contributed by atoms with Crippen molar-refractivity contribution >= 4 is 40.4 Å². The fourth-order valence-electron chi connectivity index (χ4n) is 3.62. The second kappa shape index (κ2) is 11.2. The van der Waals surface area contributed by atoms with Gasteiger partial charge >= 0.3 is 23.1 Å². The Morgan fingerprint density at radius 2 is 1.56 bits per heavy atom. The summed E-state index contributed by atoms with van der Waals surface area (Å²) in [6.07, 6.45) is -0.684. The van der Waals surface area contributed by atoms with E-state index in [1.54, 1.807) is 6.92 Å². The molecule has 0 N–H and O–H groups in total. The largest absolute Gasteiger partial charge is 2.00 e. The first-order valence-corrected chi connectivity index (χ1v) is 10.3. The van der Waals surface area contributed by atoms with Crippen LogP contribution in [0.2, 0.25) is 0 Å². The summed E-state index contributed by atoms with van der Waals surface area (Å²) < 4.78 is 17.2. The zero-order valence-electron chi connectivity index (χ0n) is 18.0. The zero-order valence-corrected chi connectivity index (χ0v) is 19.4. The summed E-state index contributed by atoms with van der Waals surface area (Å²) in [5, 5.41) is 11.2. The van der Waals surface area contributed by atoms with Crippen LogP contribution in [0.1, 0.15) is 12.5 Å². The van der Waals surface area contributed by atoms with Gasteiger partial charge < -0.3 is 29.0 Å². The smallest absolute Gasteiger partial charge is 0.547 e. The molecule has 0 unspecified atom stereocenters. The number of carboxylic acids is 1. The number of aliphatic carboxylic acids is 1. The van der Waals surface area contributed by atoms with Gasteiger partial charge in [-0.1, -0.05) is 36.4 Å².